The summed E-state index contributed by atoms with van der Waals surface area (Å²) in [5, 5.41) is 2.66. The van der Waals surface area contributed by atoms with Gasteiger partial charge in [0.2, 0.25) is 0 Å². The van der Waals surface area contributed by atoms with Crippen LogP contribution in [0.1, 0.15) is 18.7 Å². The smallest absolute Gasteiger partial charge is 0.344 e. The van der Waals surface area contributed by atoms with Gasteiger partial charge in [0.05, 0.1) is 12.3 Å². The number of benzene rings is 1. The molecule has 6 nitrogen and oxygen atoms in total. The number of esters is 1. The normalized spacial score (nSPS) is 11.5. The second-order valence-corrected chi connectivity index (χ2v) is 4.57. The maximum absolute atomic E-state index is 11.7. The van der Waals surface area contributed by atoms with E-state index in [1.807, 2.05) is 6.07 Å². The topological polar surface area (TPSA) is 77.8 Å². The molecule has 1 aromatic carbocycles. The average Bonchev–Trinajstić information content (AvgIpc) is 3.06. The molecule has 0 aliphatic carbocycles. The van der Waals surface area contributed by atoms with Crippen LogP contribution in [-0.2, 0) is 14.3 Å². The number of nitrogens with one attached hydrogen (secondary N) is 1. The van der Waals surface area contributed by atoms with Gasteiger partial charge in [-0.15, -0.1) is 0 Å². The van der Waals surface area contributed by atoms with Crippen molar-refractivity contribution in [3.8, 4) is 5.75 Å². The predicted octanol–water partition coefficient (Wildman–Crippen LogP) is 2.08. The van der Waals surface area contributed by atoms with Crippen molar-refractivity contribution in [3.05, 3.63) is 54.5 Å². The van der Waals surface area contributed by atoms with Crippen molar-refractivity contribution in [3.63, 3.8) is 0 Å². The SMILES string of the molecule is C[C@H](NC(=O)COC(=O)COc1ccccc1)c1ccco1. The Balaban J connectivity index is 1.66. The first kappa shape index (κ1) is 15.6. The Morgan fingerprint density at radius 2 is 1.91 bits per heavy atom. The molecule has 1 aromatic heterocycles. The van der Waals surface area contributed by atoms with Crippen LogP contribution in [0.25, 0.3) is 0 Å². The highest BCUT2D eigenvalue weighted by Gasteiger charge is 2.13. The van der Waals surface area contributed by atoms with Crippen LogP contribution >= 0.6 is 0 Å². The number of hydrogen-bond donors (Lipinski definition) is 1. The Morgan fingerprint density at radius 1 is 1.14 bits per heavy atom. The van der Waals surface area contributed by atoms with E-state index in [9.17, 15) is 9.59 Å². The third-order valence-electron chi connectivity index (χ3n) is 2.81. The zero-order valence-electron chi connectivity index (χ0n) is 12.2. The number of rotatable bonds is 7. The van der Waals surface area contributed by atoms with E-state index in [0.717, 1.165) is 0 Å². The first-order valence-electron chi connectivity index (χ1n) is 6.81. The van der Waals surface area contributed by atoms with Crippen LogP contribution in [0.4, 0.5) is 0 Å². The van der Waals surface area contributed by atoms with Crippen LogP contribution in [0.5, 0.6) is 5.75 Å². The summed E-state index contributed by atoms with van der Waals surface area (Å²) >= 11 is 0. The molecule has 0 unspecified atom stereocenters. The van der Waals surface area contributed by atoms with E-state index in [0.29, 0.717) is 11.5 Å². The fourth-order valence-electron chi connectivity index (χ4n) is 1.74. The monoisotopic (exact) mass is 303 g/mol. The van der Waals surface area contributed by atoms with Crippen molar-refractivity contribution >= 4 is 11.9 Å². The van der Waals surface area contributed by atoms with Gasteiger partial charge in [0.25, 0.3) is 5.91 Å². The van der Waals surface area contributed by atoms with Crippen LogP contribution in [0.15, 0.2) is 53.1 Å². The van der Waals surface area contributed by atoms with Crippen LogP contribution in [0.3, 0.4) is 0 Å². The Labute approximate surface area is 128 Å². The summed E-state index contributed by atoms with van der Waals surface area (Å²) in [5.41, 5.74) is 0. The van der Waals surface area contributed by atoms with Crippen molar-refractivity contribution in [1.82, 2.24) is 5.32 Å². The molecule has 1 N–H and O–H groups in total. The van der Waals surface area contributed by atoms with Gasteiger partial charge in [-0.05, 0) is 31.2 Å². The molecule has 0 aliphatic heterocycles. The third kappa shape index (κ3) is 4.97. The number of furan rings is 1. The summed E-state index contributed by atoms with van der Waals surface area (Å²) in [6.45, 7) is 1.17. The molecular formula is C16H17NO5. The summed E-state index contributed by atoms with van der Waals surface area (Å²) in [7, 11) is 0. The van der Waals surface area contributed by atoms with E-state index in [-0.39, 0.29) is 19.3 Å². The lowest BCUT2D eigenvalue weighted by Crippen LogP contribution is -2.31. The van der Waals surface area contributed by atoms with Gasteiger partial charge in [-0.2, -0.15) is 0 Å². The summed E-state index contributed by atoms with van der Waals surface area (Å²) in [6.07, 6.45) is 1.53. The van der Waals surface area contributed by atoms with Crippen LogP contribution in [0, 0.1) is 0 Å². The van der Waals surface area contributed by atoms with Gasteiger partial charge in [0, 0.05) is 0 Å². The van der Waals surface area contributed by atoms with Crippen molar-refractivity contribution in [1.29, 1.82) is 0 Å². The molecule has 0 bridgehead atoms. The molecule has 22 heavy (non-hydrogen) atoms. The van der Waals surface area contributed by atoms with Gasteiger partial charge in [-0.25, -0.2) is 4.79 Å². The van der Waals surface area contributed by atoms with Crippen molar-refractivity contribution in [2.45, 2.75) is 13.0 Å². The largest absolute Gasteiger partial charge is 0.482 e. The molecule has 0 saturated heterocycles. The Morgan fingerprint density at radius 3 is 2.59 bits per heavy atom. The average molecular weight is 303 g/mol. The van der Waals surface area contributed by atoms with E-state index in [1.54, 1.807) is 43.3 Å². The highest BCUT2D eigenvalue weighted by molar-refractivity contribution is 5.81. The minimum atomic E-state index is -0.607. The molecule has 116 valence electrons. The number of para-hydroxylation sites is 1. The molecule has 1 atom stereocenters. The Hall–Kier alpha value is -2.76. The van der Waals surface area contributed by atoms with E-state index in [2.05, 4.69) is 5.32 Å². The van der Waals surface area contributed by atoms with Crippen LogP contribution < -0.4 is 10.1 Å². The van der Waals surface area contributed by atoms with Crippen LogP contribution in [-0.4, -0.2) is 25.1 Å². The minimum Gasteiger partial charge on any atom is -0.482 e. The second kappa shape index (κ2) is 7.87. The standard InChI is InChI=1S/C16H17NO5/c1-12(14-8-5-9-20-14)17-15(18)10-22-16(19)11-21-13-6-3-2-4-7-13/h2-9,12H,10-11H2,1H3,(H,17,18)/t12-/m0/s1. The molecule has 0 fully saturated rings. The predicted molar refractivity (Wildman–Crippen MR) is 78.2 cm³/mol. The van der Waals surface area contributed by atoms with Crippen molar-refractivity contribution in [2.24, 2.45) is 0 Å². The maximum atomic E-state index is 11.7. The van der Waals surface area contributed by atoms with Gasteiger partial charge in [0.15, 0.2) is 13.2 Å². The molecule has 2 rings (SSSR count). The number of carbonyl (C=O) groups excluding carboxylic acids is 2. The maximum Gasteiger partial charge on any atom is 0.344 e. The molecular weight excluding hydrogens is 286 g/mol. The number of amides is 1. The first-order valence-corrected chi connectivity index (χ1v) is 6.81. The molecule has 0 aliphatic rings. The molecule has 6 heteroatoms. The zero-order chi connectivity index (χ0) is 15.8. The lowest BCUT2D eigenvalue weighted by Gasteiger charge is -2.11. The molecule has 1 heterocycles. The van der Waals surface area contributed by atoms with Gasteiger partial charge in [0.1, 0.15) is 11.5 Å². The summed E-state index contributed by atoms with van der Waals surface area (Å²) < 4.78 is 15.2. The quantitative estimate of drug-likeness (QED) is 0.792. The van der Waals surface area contributed by atoms with E-state index >= 15 is 0 Å². The number of hydrogen-bond acceptors (Lipinski definition) is 5. The first-order chi connectivity index (χ1) is 10.6. The number of ether oxygens (including phenoxy) is 2. The lowest BCUT2D eigenvalue weighted by atomic mass is 10.2. The van der Waals surface area contributed by atoms with Crippen molar-refractivity contribution < 1.29 is 23.5 Å². The van der Waals surface area contributed by atoms with Gasteiger partial charge < -0.3 is 19.2 Å². The minimum absolute atomic E-state index is 0.245. The van der Waals surface area contributed by atoms with E-state index in [4.69, 9.17) is 13.9 Å². The van der Waals surface area contributed by atoms with Gasteiger partial charge in [-0.3, -0.25) is 4.79 Å². The molecule has 0 spiro atoms. The highest BCUT2D eigenvalue weighted by atomic mass is 16.6. The molecule has 0 saturated carbocycles. The molecule has 2 aromatic rings. The third-order valence-corrected chi connectivity index (χ3v) is 2.81. The van der Waals surface area contributed by atoms with E-state index in [1.165, 1.54) is 6.26 Å². The Kier molecular flexibility index (Phi) is 5.59. The molecule has 1 amide bonds. The zero-order valence-corrected chi connectivity index (χ0v) is 12.2. The second-order valence-electron chi connectivity index (χ2n) is 4.57. The number of carbonyl (C=O) groups is 2. The summed E-state index contributed by atoms with van der Waals surface area (Å²) in [5.74, 6) is 0.184. The summed E-state index contributed by atoms with van der Waals surface area (Å²) in [4.78, 5) is 23.1. The fraction of sp³-hybridized carbons (Fsp3) is 0.250. The molecule has 0 radical (unpaired) electrons. The highest BCUT2D eigenvalue weighted by Crippen LogP contribution is 2.11. The Bertz CT molecular complexity index is 594. The van der Waals surface area contributed by atoms with Gasteiger partial charge >= 0.3 is 5.97 Å². The van der Waals surface area contributed by atoms with Crippen molar-refractivity contribution in [2.75, 3.05) is 13.2 Å². The van der Waals surface area contributed by atoms with E-state index < -0.39 is 11.9 Å². The van der Waals surface area contributed by atoms with Crippen LogP contribution in [0.2, 0.25) is 0 Å². The van der Waals surface area contributed by atoms with Gasteiger partial charge in [-0.1, -0.05) is 18.2 Å². The lowest BCUT2D eigenvalue weighted by molar-refractivity contribution is -0.150. The fourth-order valence-corrected chi connectivity index (χ4v) is 1.74. The summed E-state index contributed by atoms with van der Waals surface area (Å²) in [6, 6.07) is 12.1.